The molecule has 0 amide bonds. The predicted octanol–water partition coefficient (Wildman–Crippen LogP) is 3.23. The summed E-state index contributed by atoms with van der Waals surface area (Å²) in [6.45, 7) is 9.03. The lowest BCUT2D eigenvalue weighted by atomic mass is 9.57. The molecule has 1 heterocycles. The maximum absolute atomic E-state index is 13.6. The van der Waals surface area contributed by atoms with Gasteiger partial charge in [0.05, 0.1) is 12.6 Å². The van der Waals surface area contributed by atoms with Crippen LogP contribution in [-0.4, -0.2) is 37.8 Å². The van der Waals surface area contributed by atoms with Crippen LogP contribution in [0.1, 0.15) is 45.6 Å². The summed E-state index contributed by atoms with van der Waals surface area (Å²) in [5, 5.41) is 7.05. The maximum atomic E-state index is 13.6. The van der Waals surface area contributed by atoms with Crippen molar-refractivity contribution in [2.75, 3.05) is 19.7 Å². The molecule has 1 saturated heterocycles. The van der Waals surface area contributed by atoms with Gasteiger partial charge in [-0.05, 0) is 43.9 Å². The summed E-state index contributed by atoms with van der Waals surface area (Å²) in [5.74, 6) is 1.29. The Morgan fingerprint density at radius 1 is 1.35 bits per heavy atom. The van der Waals surface area contributed by atoms with Gasteiger partial charge in [0.15, 0.2) is 5.96 Å². The summed E-state index contributed by atoms with van der Waals surface area (Å²) in [5.41, 5.74) is 1.21. The third-order valence-corrected chi connectivity index (χ3v) is 6.57. The Kier molecular flexibility index (Phi) is 4.46. The fourth-order valence-electron chi connectivity index (χ4n) is 4.82. The molecule has 3 aliphatic rings. The first-order valence-electron chi connectivity index (χ1n) is 9.89. The number of hydrogen-bond donors (Lipinski definition) is 2. The number of nitrogens with one attached hydrogen (secondary N) is 2. The van der Waals surface area contributed by atoms with Gasteiger partial charge in [0.1, 0.15) is 5.82 Å². The zero-order chi connectivity index (χ0) is 18.4. The first kappa shape index (κ1) is 17.8. The summed E-state index contributed by atoms with van der Waals surface area (Å²) in [6, 6.07) is 7.39. The fourth-order valence-corrected chi connectivity index (χ4v) is 4.82. The van der Waals surface area contributed by atoms with E-state index in [1.165, 1.54) is 6.07 Å². The number of hydrogen-bond acceptors (Lipinski definition) is 2. The molecule has 4 nitrogen and oxygen atoms in total. The largest absolute Gasteiger partial charge is 0.377 e. The molecule has 142 valence electrons. The average Bonchev–Trinajstić information content (AvgIpc) is 3.27. The van der Waals surface area contributed by atoms with Gasteiger partial charge < -0.3 is 15.4 Å². The highest BCUT2D eigenvalue weighted by Gasteiger charge is 2.59. The van der Waals surface area contributed by atoms with Gasteiger partial charge in [-0.15, -0.1) is 0 Å². The zero-order valence-corrected chi connectivity index (χ0v) is 16.0. The molecule has 0 spiro atoms. The van der Waals surface area contributed by atoms with E-state index in [1.807, 2.05) is 6.07 Å². The molecular formula is C21H30FN3O. The van der Waals surface area contributed by atoms with Crippen LogP contribution in [0.5, 0.6) is 0 Å². The van der Waals surface area contributed by atoms with Crippen molar-refractivity contribution in [1.29, 1.82) is 0 Å². The predicted molar refractivity (Wildman–Crippen MR) is 102 cm³/mol. The Balaban J connectivity index is 1.47. The van der Waals surface area contributed by atoms with Crippen LogP contribution in [0.15, 0.2) is 29.3 Å². The van der Waals surface area contributed by atoms with Gasteiger partial charge in [-0.1, -0.05) is 26.0 Å². The zero-order valence-electron chi connectivity index (χ0n) is 16.0. The number of halogens is 1. The van der Waals surface area contributed by atoms with Gasteiger partial charge in [-0.3, -0.25) is 4.99 Å². The second-order valence-corrected chi connectivity index (χ2v) is 8.67. The van der Waals surface area contributed by atoms with Crippen molar-refractivity contribution >= 4 is 5.96 Å². The molecule has 3 unspecified atom stereocenters. The van der Waals surface area contributed by atoms with Crippen LogP contribution >= 0.6 is 0 Å². The lowest BCUT2D eigenvalue weighted by molar-refractivity contribution is -0.106. The summed E-state index contributed by atoms with van der Waals surface area (Å²) in [6.07, 6.45) is 3.64. The molecule has 5 heteroatoms. The highest BCUT2D eigenvalue weighted by Crippen LogP contribution is 2.52. The lowest BCUT2D eigenvalue weighted by Gasteiger charge is -2.55. The molecule has 1 aliphatic heterocycles. The highest BCUT2D eigenvalue weighted by atomic mass is 19.1. The average molecular weight is 359 g/mol. The van der Waals surface area contributed by atoms with Crippen molar-refractivity contribution < 1.29 is 9.13 Å². The summed E-state index contributed by atoms with van der Waals surface area (Å²) in [4.78, 5) is 4.89. The van der Waals surface area contributed by atoms with Gasteiger partial charge in [-0.2, -0.15) is 0 Å². The van der Waals surface area contributed by atoms with Gasteiger partial charge in [0, 0.05) is 35.9 Å². The van der Waals surface area contributed by atoms with Crippen LogP contribution in [0.2, 0.25) is 0 Å². The minimum atomic E-state index is -0.161. The molecule has 2 aliphatic carbocycles. The third kappa shape index (κ3) is 3.00. The first-order chi connectivity index (χ1) is 12.5. The number of fused-ring (bicyclic) bond motifs is 1. The molecule has 4 rings (SSSR count). The SMILES string of the molecule is CCNC(=NCC1(c2cccc(F)c2)CC1)NC1C2CCOC2C1(C)C. The minimum absolute atomic E-state index is 0.0125. The van der Waals surface area contributed by atoms with Crippen molar-refractivity contribution in [2.24, 2.45) is 16.3 Å². The van der Waals surface area contributed by atoms with E-state index in [0.29, 0.717) is 24.6 Å². The number of ether oxygens (including phenoxy) is 1. The molecule has 2 N–H and O–H groups in total. The Labute approximate surface area is 155 Å². The van der Waals surface area contributed by atoms with E-state index in [1.54, 1.807) is 12.1 Å². The highest BCUT2D eigenvalue weighted by molar-refractivity contribution is 5.80. The molecular weight excluding hydrogens is 329 g/mol. The molecule has 3 atom stereocenters. The summed E-state index contributed by atoms with van der Waals surface area (Å²) >= 11 is 0. The quantitative estimate of drug-likeness (QED) is 0.627. The van der Waals surface area contributed by atoms with Crippen molar-refractivity contribution in [3.8, 4) is 0 Å². The molecule has 1 aromatic carbocycles. The Morgan fingerprint density at radius 3 is 2.85 bits per heavy atom. The fraction of sp³-hybridized carbons (Fsp3) is 0.667. The minimum Gasteiger partial charge on any atom is -0.377 e. The molecule has 1 aromatic rings. The van der Waals surface area contributed by atoms with E-state index < -0.39 is 0 Å². The standard InChI is InChI=1S/C21H30FN3O/c1-4-23-19(25-17-16-8-11-26-18(16)20(17,2)3)24-13-21(9-10-21)14-6-5-7-15(22)12-14/h5-7,12,16-18H,4,8-11,13H2,1-3H3,(H2,23,24,25). The second-order valence-electron chi connectivity index (χ2n) is 8.67. The number of nitrogens with zero attached hydrogens (tertiary/aromatic N) is 1. The number of benzene rings is 1. The molecule has 2 saturated carbocycles. The molecule has 0 radical (unpaired) electrons. The van der Waals surface area contributed by atoms with Crippen molar-refractivity contribution in [2.45, 2.75) is 57.6 Å². The molecule has 0 aromatic heterocycles. The smallest absolute Gasteiger partial charge is 0.191 e. The Morgan fingerprint density at radius 2 is 2.15 bits per heavy atom. The van der Waals surface area contributed by atoms with Crippen molar-refractivity contribution in [3.05, 3.63) is 35.6 Å². The van der Waals surface area contributed by atoms with Crippen LogP contribution in [0.4, 0.5) is 4.39 Å². The van der Waals surface area contributed by atoms with Gasteiger partial charge in [-0.25, -0.2) is 4.39 Å². The van der Waals surface area contributed by atoms with E-state index in [0.717, 1.165) is 43.9 Å². The lowest BCUT2D eigenvalue weighted by Crippen LogP contribution is -2.68. The topological polar surface area (TPSA) is 45.7 Å². The van der Waals surface area contributed by atoms with E-state index >= 15 is 0 Å². The van der Waals surface area contributed by atoms with Crippen LogP contribution in [0.3, 0.4) is 0 Å². The molecule has 0 bridgehead atoms. The van der Waals surface area contributed by atoms with Gasteiger partial charge in [0.25, 0.3) is 0 Å². The van der Waals surface area contributed by atoms with Crippen molar-refractivity contribution in [1.82, 2.24) is 10.6 Å². The van der Waals surface area contributed by atoms with E-state index in [4.69, 9.17) is 9.73 Å². The normalized spacial score (nSPS) is 31.1. The monoisotopic (exact) mass is 359 g/mol. The Bertz CT molecular complexity index is 698. The van der Waals surface area contributed by atoms with Crippen LogP contribution < -0.4 is 10.6 Å². The van der Waals surface area contributed by atoms with Crippen molar-refractivity contribution in [3.63, 3.8) is 0 Å². The molecule has 3 fully saturated rings. The summed E-state index contributed by atoms with van der Waals surface area (Å²) in [7, 11) is 0. The van der Waals surface area contributed by atoms with Crippen LogP contribution in [0.25, 0.3) is 0 Å². The van der Waals surface area contributed by atoms with E-state index in [9.17, 15) is 4.39 Å². The second kappa shape index (κ2) is 6.52. The van der Waals surface area contributed by atoms with E-state index in [-0.39, 0.29) is 16.6 Å². The number of guanidine groups is 1. The van der Waals surface area contributed by atoms with Crippen LogP contribution in [-0.2, 0) is 10.2 Å². The Hall–Kier alpha value is -1.62. The van der Waals surface area contributed by atoms with Gasteiger partial charge in [0.2, 0.25) is 0 Å². The molecule has 26 heavy (non-hydrogen) atoms. The van der Waals surface area contributed by atoms with Crippen LogP contribution in [0, 0.1) is 17.2 Å². The maximum Gasteiger partial charge on any atom is 0.191 e. The summed E-state index contributed by atoms with van der Waals surface area (Å²) < 4.78 is 19.5. The first-order valence-corrected chi connectivity index (χ1v) is 9.89. The third-order valence-electron chi connectivity index (χ3n) is 6.57. The van der Waals surface area contributed by atoms with Gasteiger partial charge >= 0.3 is 0 Å². The number of aliphatic imine (C=N–C) groups is 1. The van der Waals surface area contributed by atoms with E-state index in [2.05, 4.69) is 31.4 Å². The number of rotatable bonds is 5.